The van der Waals surface area contributed by atoms with Crippen molar-refractivity contribution in [2.75, 3.05) is 4.90 Å². The number of anilines is 3. The van der Waals surface area contributed by atoms with Crippen LogP contribution in [0, 0.1) is 0 Å². The molecule has 0 amide bonds. The lowest BCUT2D eigenvalue weighted by Crippen LogP contribution is -2.26. The van der Waals surface area contributed by atoms with Gasteiger partial charge in [0, 0.05) is 44.0 Å². The van der Waals surface area contributed by atoms with Crippen molar-refractivity contribution >= 4 is 60.8 Å². The molecule has 73 heavy (non-hydrogen) atoms. The molecule has 1 unspecified atom stereocenters. The maximum Gasteiger partial charge on any atom is 0.159 e. The van der Waals surface area contributed by atoms with Crippen LogP contribution in [0.25, 0.3) is 93.9 Å². The first-order valence-corrected chi connectivity index (χ1v) is 25.5. The molecular formula is C70H46N2O. The number of para-hydroxylation sites is 3. The van der Waals surface area contributed by atoms with Gasteiger partial charge in [-0.25, -0.2) is 0 Å². The molecule has 0 bridgehead atoms. The van der Waals surface area contributed by atoms with Gasteiger partial charge in [0.05, 0.1) is 22.1 Å². The van der Waals surface area contributed by atoms with Gasteiger partial charge in [0.1, 0.15) is 5.58 Å². The van der Waals surface area contributed by atoms with Gasteiger partial charge in [-0.2, -0.15) is 0 Å². The Labute approximate surface area is 423 Å². The van der Waals surface area contributed by atoms with Gasteiger partial charge in [0.15, 0.2) is 5.58 Å². The molecule has 3 nitrogen and oxygen atoms in total. The van der Waals surface area contributed by atoms with Crippen LogP contribution in [0.3, 0.4) is 0 Å². The topological polar surface area (TPSA) is 21.3 Å². The van der Waals surface area contributed by atoms with Gasteiger partial charge in [-0.15, -0.1) is 0 Å². The number of hydrogen-bond acceptors (Lipinski definition) is 2. The number of nitrogens with zero attached hydrogens (tertiary/aromatic N) is 2. The van der Waals surface area contributed by atoms with E-state index in [0.29, 0.717) is 0 Å². The smallest absolute Gasteiger partial charge is 0.159 e. The fraction of sp³-hybridized carbons (Fsp3) is 0.0571. The summed E-state index contributed by atoms with van der Waals surface area (Å²) in [7, 11) is 0. The first-order chi connectivity index (χ1) is 36.0. The number of hydrogen-bond donors (Lipinski definition) is 0. The third-order valence-electron chi connectivity index (χ3n) is 16.8. The molecule has 13 aromatic rings. The zero-order chi connectivity index (χ0) is 48.2. The average molecular weight is 931 g/mol. The molecule has 3 aliphatic carbocycles. The third-order valence-corrected chi connectivity index (χ3v) is 16.8. The van der Waals surface area contributed by atoms with Crippen LogP contribution in [0.5, 0.6) is 0 Å². The highest BCUT2D eigenvalue weighted by atomic mass is 16.3. The summed E-state index contributed by atoms with van der Waals surface area (Å²) in [4.78, 5) is 2.46. The van der Waals surface area contributed by atoms with E-state index in [9.17, 15) is 0 Å². The van der Waals surface area contributed by atoms with E-state index in [1.165, 1.54) is 99.7 Å². The van der Waals surface area contributed by atoms with Crippen LogP contribution >= 0.6 is 0 Å². The molecule has 3 heteroatoms. The summed E-state index contributed by atoms with van der Waals surface area (Å²) in [6.07, 6.45) is 0. The SMILES string of the molecule is CC1(C)c2ccccc2-c2ccc(N(c3ccc4c(c3)C3(c5ccccc5-4)c4ccccc4-c4c3ccc3c4c4ccccc4n3-c3ccc(-c4ccccc4)cc3)c3cccc4c3oc3ccccc34)cc21. The van der Waals surface area contributed by atoms with Crippen LogP contribution in [-0.2, 0) is 10.8 Å². The summed E-state index contributed by atoms with van der Waals surface area (Å²) in [5.41, 5.74) is 25.8. The van der Waals surface area contributed by atoms with Gasteiger partial charge in [-0.3, -0.25) is 0 Å². The maximum atomic E-state index is 6.91. The lowest BCUT2D eigenvalue weighted by molar-refractivity contribution is 0.660. The number of fused-ring (bicyclic) bond motifs is 20. The predicted molar refractivity (Wildman–Crippen MR) is 302 cm³/mol. The highest BCUT2D eigenvalue weighted by Crippen LogP contribution is 2.65. The van der Waals surface area contributed by atoms with E-state index in [0.717, 1.165) is 44.7 Å². The Morgan fingerprint density at radius 2 is 0.959 bits per heavy atom. The highest BCUT2D eigenvalue weighted by Gasteiger charge is 2.52. The van der Waals surface area contributed by atoms with Crippen LogP contribution in [0.4, 0.5) is 17.1 Å². The Bertz CT molecular complexity index is 4470. The molecule has 2 aromatic heterocycles. The summed E-state index contributed by atoms with van der Waals surface area (Å²) in [6, 6.07) is 90.2. The largest absolute Gasteiger partial charge is 0.454 e. The molecule has 0 N–H and O–H groups in total. The van der Waals surface area contributed by atoms with Crippen molar-refractivity contribution in [3.8, 4) is 50.2 Å². The Balaban J connectivity index is 0.955. The van der Waals surface area contributed by atoms with Gasteiger partial charge in [-0.05, 0) is 139 Å². The Hall–Kier alpha value is -9.18. The third kappa shape index (κ3) is 5.33. The van der Waals surface area contributed by atoms with Crippen molar-refractivity contribution in [2.24, 2.45) is 0 Å². The number of benzene rings is 11. The zero-order valence-corrected chi connectivity index (χ0v) is 40.4. The summed E-state index contributed by atoms with van der Waals surface area (Å²) in [5.74, 6) is 0. The summed E-state index contributed by atoms with van der Waals surface area (Å²) in [6.45, 7) is 4.74. The Morgan fingerprint density at radius 3 is 1.74 bits per heavy atom. The van der Waals surface area contributed by atoms with Gasteiger partial charge >= 0.3 is 0 Å². The second-order valence-electron chi connectivity index (χ2n) is 20.7. The van der Waals surface area contributed by atoms with Gasteiger partial charge < -0.3 is 13.9 Å². The second-order valence-corrected chi connectivity index (χ2v) is 20.7. The molecule has 11 aromatic carbocycles. The van der Waals surface area contributed by atoms with Crippen molar-refractivity contribution in [1.29, 1.82) is 0 Å². The van der Waals surface area contributed by atoms with Crippen molar-refractivity contribution < 1.29 is 4.42 Å². The monoisotopic (exact) mass is 930 g/mol. The molecule has 1 spiro atoms. The Kier molecular flexibility index (Phi) is 8.16. The number of rotatable bonds is 5. The van der Waals surface area contributed by atoms with E-state index in [4.69, 9.17) is 4.42 Å². The van der Waals surface area contributed by atoms with Gasteiger partial charge in [0.2, 0.25) is 0 Å². The van der Waals surface area contributed by atoms with Crippen LogP contribution < -0.4 is 4.90 Å². The standard InChI is InChI=1S/C70H46N2O/c1-69(2)56-25-11-6-19-48(56)50-37-35-46(41-60(50)69)71(64-29-16-24-53-52-21-10-15-30-65(52)73-68(53)64)47-36-38-51-49-20-7-12-26-57(49)70(61(51)42-47)58-27-13-8-22-54(58)66-59(70)39-40-63-67(66)55-23-9-14-28-62(55)72(63)45-33-31-44(32-34-45)43-17-4-3-5-18-43/h3-42H,1-2H3. The minimum Gasteiger partial charge on any atom is -0.454 e. The van der Waals surface area contributed by atoms with E-state index in [2.05, 4.69) is 266 Å². The quantitative estimate of drug-likeness (QED) is 0.171. The van der Waals surface area contributed by atoms with Gasteiger partial charge in [-0.1, -0.05) is 196 Å². The fourth-order valence-electron chi connectivity index (χ4n) is 13.7. The van der Waals surface area contributed by atoms with Crippen molar-refractivity contribution in [3.63, 3.8) is 0 Å². The summed E-state index contributed by atoms with van der Waals surface area (Å²) >= 11 is 0. The molecule has 3 aliphatic rings. The predicted octanol–water partition coefficient (Wildman–Crippen LogP) is 18.5. The molecule has 0 fully saturated rings. The first-order valence-electron chi connectivity index (χ1n) is 25.5. The van der Waals surface area contributed by atoms with Crippen molar-refractivity contribution in [3.05, 3.63) is 276 Å². The zero-order valence-electron chi connectivity index (χ0n) is 40.4. The van der Waals surface area contributed by atoms with E-state index >= 15 is 0 Å². The van der Waals surface area contributed by atoms with E-state index in [1.807, 2.05) is 0 Å². The second kappa shape index (κ2) is 14.7. The molecular weight excluding hydrogens is 885 g/mol. The highest BCUT2D eigenvalue weighted by molar-refractivity contribution is 6.19. The molecule has 2 heterocycles. The first kappa shape index (κ1) is 40.5. The minimum absolute atomic E-state index is 0.181. The Morgan fingerprint density at radius 1 is 0.384 bits per heavy atom. The molecule has 0 radical (unpaired) electrons. The number of furan rings is 1. The molecule has 1 atom stereocenters. The lowest BCUT2D eigenvalue weighted by Gasteiger charge is -2.32. The lowest BCUT2D eigenvalue weighted by atomic mass is 9.70. The maximum absolute atomic E-state index is 6.91. The van der Waals surface area contributed by atoms with Crippen LogP contribution in [0.2, 0.25) is 0 Å². The molecule has 342 valence electrons. The molecule has 0 saturated carbocycles. The van der Waals surface area contributed by atoms with E-state index in [1.54, 1.807) is 0 Å². The van der Waals surface area contributed by atoms with Crippen LogP contribution in [-0.4, -0.2) is 4.57 Å². The number of aromatic nitrogens is 1. The molecule has 0 saturated heterocycles. The van der Waals surface area contributed by atoms with Crippen molar-refractivity contribution in [2.45, 2.75) is 24.7 Å². The van der Waals surface area contributed by atoms with E-state index in [-0.39, 0.29) is 5.41 Å². The normalized spacial score (nSPS) is 15.4. The van der Waals surface area contributed by atoms with Crippen molar-refractivity contribution in [1.82, 2.24) is 4.57 Å². The fourth-order valence-corrected chi connectivity index (χ4v) is 13.7. The van der Waals surface area contributed by atoms with Gasteiger partial charge in [0.25, 0.3) is 0 Å². The molecule has 0 aliphatic heterocycles. The molecule has 16 rings (SSSR count). The van der Waals surface area contributed by atoms with Crippen LogP contribution in [0.1, 0.15) is 47.2 Å². The average Bonchev–Trinajstić information content (AvgIpc) is 4.32. The minimum atomic E-state index is -0.596. The van der Waals surface area contributed by atoms with Crippen LogP contribution in [0.15, 0.2) is 247 Å². The summed E-state index contributed by atoms with van der Waals surface area (Å²) < 4.78 is 9.38. The summed E-state index contributed by atoms with van der Waals surface area (Å²) in [5, 5.41) is 4.75. The van der Waals surface area contributed by atoms with E-state index < -0.39 is 5.41 Å².